The van der Waals surface area contributed by atoms with Crippen LogP contribution in [0.1, 0.15) is 78.7 Å². The second-order valence-corrected chi connectivity index (χ2v) is 17.4. The number of carbonyl (C=O) groups excluding carboxylic acids is 9. The minimum absolute atomic E-state index is 0.163. The maximum absolute atomic E-state index is 14.3. The summed E-state index contributed by atoms with van der Waals surface area (Å²) in [6.45, 7) is 6.32. The van der Waals surface area contributed by atoms with Crippen molar-refractivity contribution in [3.05, 3.63) is 59.7 Å². The van der Waals surface area contributed by atoms with Crippen molar-refractivity contribution in [2.24, 2.45) is 17.8 Å². The highest BCUT2D eigenvalue weighted by atomic mass is 16.5. The Morgan fingerprint density at radius 2 is 1.22 bits per heavy atom. The molecule has 1 aliphatic rings. The van der Waals surface area contributed by atoms with E-state index >= 15 is 0 Å². The molecule has 398 valence electrons. The van der Waals surface area contributed by atoms with Crippen molar-refractivity contribution in [1.29, 1.82) is 0 Å². The Morgan fingerprint density at radius 3 is 1.75 bits per heavy atom. The summed E-state index contributed by atoms with van der Waals surface area (Å²) in [6, 6.07) is -1.89. The number of methoxy groups -OCH3 is 3. The third-order valence-electron chi connectivity index (χ3n) is 11.9. The highest BCUT2D eigenvalue weighted by molar-refractivity contribution is 5.97. The Hall–Kier alpha value is -7.21. The summed E-state index contributed by atoms with van der Waals surface area (Å²) in [4.78, 5) is 145. The van der Waals surface area contributed by atoms with Crippen LogP contribution in [0.2, 0.25) is 0 Å². The first-order chi connectivity index (χ1) is 34.0. The second kappa shape index (κ2) is 30.5. The molecule has 0 spiro atoms. The number of allylic oxidation sites excluding steroid dienone is 2. The Kier molecular flexibility index (Phi) is 25.8. The average molecular weight is 1020 g/mol. The van der Waals surface area contributed by atoms with Crippen LogP contribution in [0, 0.1) is 17.8 Å². The molecule has 1 heterocycles. The van der Waals surface area contributed by atoms with Gasteiger partial charge in [-0.1, -0.05) is 74.9 Å². The molecule has 2 rings (SSSR count). The van der Waals surface area contributed by atoms with Gasteiger partial charge < -0.3 is 66.7 Å². The first-order valence-electron chi connectivity index (χ1n) is 23.2. The van der Waals surface area contributed by atoms with E-state index in [2.05, 4.69) is 42.0 Å². The Labute approximate surface area is 417 Å². The van der Waals surface area contributed by atoms with Gasteiger partial charge in [0.15, 0.2) is 0 Å². The lowest BCUT2D eigenvalue weighted by molar-refractivity contribution is -0.147. The largest absolute Gasteiger partial charge is 0.480 e. The zero-order valence-electron chi connectivity index (χ0n) is 41.7. The van der Waals surface area contributed by atoms with Gasteiger partial charge in [0.2, 0.25) is 41.4 Å². The fraction of sp³-hybridized carbons (Fsp3) is 0.562. The van der Waals surface area contributed by atoms with Gasteiger partial charge in [-0.3, -0.25) is 43.2 Å². The molecule has 0 bridgehead atoms. The lowest BCUT2D eigenvalue weighted by Crippen LogP contribution is -2.59. The number of benzene rings is 1. The van der Waals surface area contributed by atoms with Crippen LogP contribution in [-0.4, -0.2) is 157 Å². The number of ether oxygens (including phenoxy) is 3. The van der Waals surface area contributed by atoms with E-state index in [0.717, 1.165) is 33.6 Å². The van der Waals surface area contributed by atoms with Crippen LogP contribution >= 0.6 is 0 Å². The molecular weight excluding hydrogens is 947 g/mol. The van der Waals surface area contributed by atoms with Crippen LogP contribution in [0.5, 0.6) is 0 Å². The highest BCUT2D eigenvalue weighted by Crippen LogP contribution is 2.19. The third kappa shape index (κ3) is 20.3. The SMILES string of the molecule is COC(=O)CC[C@@H]1NC(=O)[C@@H](C)[C@H](C(=O)O)NC(=O)[C@H](CCC(=O)OC)NC(=O)[C@@H](C)NC(=O)[C@H](CO)NC(=O)CC[C@H](C(=O)O)NC(=O)[C@@H](C)[C@H](/C=C/C(C)=C/[C@H](C)[C@H](Cc2ccccc2)OC)NC1=O. The number of carbonyl (C=O) groups is 11. The number of aliphatic hydroxyl groups excluding tert-OH is 1. The fourth-order valence-electron chi connectivity index (χ4n) is 7.28. The summed E-state index contributed by atoms with van der Waals surface area (Å²) in [5.41, 5.74) is 1.69. The molecule has 1 aliphatic heterocycles. The number of hydrogen-bond acceptors (Lipinski definition) is 15. The predicted molar refractivity (Wildman–Crippen MR) is 255 cm³/mol. The normalized spacial score (nSPS) is 25.8. The maximum Gasteiger partial charge on any atom is 0.327 e. The van der Waals surface area contributed by atoms with Crippen LogP contribution in [0.3, 0.4) is 0 Å². The van der Waals surface area contributed by atoms with Crippen molar-refractivity contribution in [2.45, 2.75) is 128 Å². The second-order valence-electron chi connectivity index (χ2n) is 17.4. The number of hydrogen-bond donors (Lipinski definition) is 10. The maximum atomic E-state index is 14.3. The zero-order valence-corrected chi connectivity index (χ0v) is 41.7. The van der Waals surface area contributed by atoms with Gasteiger partial charge in [0.05, 0.1) is 44.8 Å². The monoisotopic (exact) mass is 1020 g/mol. The van der Waals surface area contributed by atoms with Gasteiger partial charge in [-0.25, -0.2) is 9.59 Å². The molecule has 0 aromatic heterocycles. The summed E-state index contributed by atoms with van der Waals surface area (Å²) in [7, 11) is 3.72. The van der Waals surface area contributed by atoms with E-state index in [9.17, 15) is 68.1 Å². The van der Waals surface area contributed by atoms with E-state index in [4.69, 9.17) is 9.47 Å². The smallest absolute Gasteiger partial charge is 0.327 e. The number of carboxylic acids is 2. The molecule has 7 amide bonds. The summed E-state index contributed by atoms with van der Waals surface area (Å²) in [6.07, 6.45) is 2.31. The molecule has 24 heteroatoms. The molecule has 1 aromatic carbocycles. The van der Waals surface area contributed by atoms with E-state index in [-0.39, 0.29) is 12.0 Å². The van der Waals surface area contributed by atoms with E-state index in [1.165, 1.54) is 13.0 Å². The standard InChI is InChI=1S/C48H69N7O17/c1-25(22-26(2)36(70-6)23-30-12-10-9-11-13-30)14-15-31-27(3)41(60)54-34(47(66)67)16-19-37(57)50-35(24-56)46(65)49-29(5)43(62)53-33(18-21-39(59)72-8)45(64)55-40(48(68)69)28(4)42(61)52-32(44(63)51-31)17-20-38(58)71-7/h9-15,22,26-29,31-36,40,56H,16-21,23-24H2,1-8H3,(H,49,65)(H,50,57)(H,51,63)(H,52,61)(H,53,62)(H,54,60)(H,55,64)(H,66,67)(H,68,69)/b15-14+,25-22+/t26-,27-,28-,29+,31-,32-,33-,34+,35-,36-,40+/m0/s1. The number of rotatable bonds is 16. The Balaban J connectivity index is 2.72. The molecule has 72 heavy (non-hydrogen) atoms. The number of esters is 2. The number of amides is 7. The molecule has 0 radical (unpaired) electrons. The third-order valence-corrected chi connectivity index (χ3v) is 11.9. The molecule has 11 atom stereocenters. The molecule has 1 fully saturated rings. The van der Waals surface area contributed by atoms with Gasteiger partial charge in [-0.15, -0.1) is 0 Å². The van der Waals surface area contributed by atoms with E-state index < -0.39 is 164 Å². The van der Waals surface area contributed by atoms with Crippen molar-refractivity contribution in [3.8, 4) is 0 Å². The molecule has 24 nitrogen and oxygen atoms in total. The van der Waals surface area contributed by atoms with Gasteiger partial charge >= 0.3 is 23.9 Å². The predicted octanol–water partition coefficient (Wildman–Crippen LogP) is -1.07. The summed E-state index contributed by atoms with van der Waals surface area (Å²) in [5.74, 6) is -15.4. The van der Waals surface area contributed by atoms with E-state index in [0.29, 0.717) is 12.0 Å². The van der Waals surface area contributed by atoms with Gasteiger partial charge in [0.1, 0.15) is 36.3 Å². The Bertz CT molecular complexity index is 2150. The van der Waals surface area contributed by atoms with Crippen LogP contribution in [-0.2, 0) is 73.4 Å². The van der Waals surface area contributed by atoms with Crippen LogP contribution in [0.25, 0.3) is 0 Å². The van der Waals surface area contributed by atoms with Crippen molar-refractivity contribution in [1.82, 2.24) is 37.2 Å². The summed E-state index contributed by atoms with van der Waals surface area (Å²) < 4.78 is 15.1. The fourth-order valence-corrected chi connectivity index (χ4v) is 7.28. The quantitative estimate of drug-likeness (QED) is 0.0696. The van der Waals surface area contributed by atoms with Crippen LogP contribution in [0.4, 0.5) is 0 Å². The van der Waals surface area contributed by atoms with Crippen LogP contribution < -0.4 is 37.2 Å². The van der Waals surface area contributed by atoms with Crippen LogP contribution in [0.15, 0.2) is 54.1 Å². The lowest BCUT2D eigenvalue weighted by Gasteiger charge is -2.28. The molecular formula is C48H69N7O17. The molecule has 1 saturated heterocycles. The van der Waals surface area contributed by atoms with Crippen molar-refractivity contribution >= 4 is 65.2 Å². The molecule has 0 aliphatic carbocycles. The number of nitrogens with one attached hydrogen (secondary N) is 7. The van der Waals surface area contributed by atoms with Crippen molar-refractivity contribution in [3.63, 3.8) is 0 Å². The topological polar surface area (TPSA) is 360 Å². The lowest BCUT2D eigenvalue weighted by atomic mass is 9.94. The van der Waals surface area contributed by atoms with Gasteiger partial charge in [0.25, 0.3) is 0 Å². The van der Waals surface area contributed by atoms with Gasteiger partial charge in [-0.05, 0) is 45.1 Å². The molecule has 0 unspecified atom stereocenters. The number of carboxylic acid groups (broad SMARTS) is 2. The molecule has 10 N–H and O–H groups in total. The minimum atomic E-state index is -2.05. The highest BCUT2D eigenvalue weighted by Gasteiger charge is 2.38. The van der Waals surface area contributed by atoms with Gasteiger partial charge in [0, 0.05) is 32.3 Å². The summed E-state index contributed by atoms with van der Waals surface area (Å²) >= 11 is 0. The average Bonchev–Trinajstić information content (AvgIpc) is 3.34. The van der Waals surface area contributed by atoms with E-state index in [1.54, 1.807) is 20.1 Å². The first kappa shape index (κ1) is 60.9. The summed E-state index contributed by atoms with van der Waals surface area (Å²) in [5, 5.41) is 46.7. The number of aliphatic hydroxyl groups is 1. The van der Waals surface area contributed by atoms with Crippen molar-refractivity contribution < 1.29 is 82.3 Å². The van der Waals surface area contributed by atoms with Gasteiger partial charge in [-0.2, -0.15) is 0 Å². The number of aliphatic carboxylic acids is 2. The Morgan fingerprint density at radius 1 is 0.681 bits per heavy atom. The zero-order chi connectivity index (χ0) is 54.2. The minimum Gasteiger partial charge on any atom is -0.480 e. The van der Waals surface area contributed by atoms with E-state index in [1.807, 2.05) is 43.3 Å². The molecule has 0 saturated carbocycles. The molecule has 1 aromatic rings. The first-order valence-corrected chi connectivity index (χ1v) is 23.2. The van der Waals surface area contributed by atoms with Crippen molar-refractivity contribution in [2.75, 3.05) is 27.9 Å².